The number of carbonyl (C=O) groups is 1. The number of nitrogens with zero attached hydrogens (tertiary/aromatic N) is 4. The van der Waals surface area contributed by atoms with Crippen LogP contribution in [0.5, 0.6) is 0 Å². The van der Waals surface area contributed by atoms with Gasteiger partial charge in [0, 0.05) is 20.1 Å². The molecule has 3 rings (SSSR count). The second-order valence-electron chi connectivity index (χ2n) is 5.98. The molecule has 0 unspecified atom stereocenters. The largest absolute Gasteiger partial charge is 0.465 e. The number of aromatic nitrogens is 3. The van der Waals surface area contributed by atoms with Crippen LogP contribution in [-0.2, 0) is 31.6 Å². The number of rotatable bonds is 5. The number of hydrogen-bond donors (Lipinski definition) is 0. The van der Waals surface area contributed by atoms with Crippen molar-refractivity contribution in [3.8, 4) is 0 Å². The van der Waals surface area contributed by atoms with Gasteiger partial charge >= 0.3 is 5.97 Å². The van der Waals surface area contributed by atoms with Crippen molar-refractivity contribution in [1.29, 1.82) is 0 Å². The highest BCUT2D eigenvalue weighted by molar-refractivity contribution is 7.92. The van der Waals surface area contributed by atoms with Crippen LogP contribution in [0.1, 0.15) is 22.5 Å². The van der Waals surface area contributed by atoms with Gasteiger partial charge in [-0.05, 0) is 24.3 Å². The summed E-state index contributed by atoms with van der Waals surface area (Å²) in [5, 5.41) is 7.88. The third-order valence-corrected chi connectivity index (χ3v) is 9.57. The van der Waals surface area contributed by atoms with E-state index in [0.717, 1.165) is 11.3 Å². The zero-order valence-corrected chi connectivity index (χ0v) is 17.1. The van der Waals surface area contributed by atoms with Crippen LogP contribution in [0.3, 0.4) is 0 Å². The topological polar surface area (TPSA) is 129 Å². The van der Waals surface area contributed by atoms with Gasteiger partial charge in [-0.3, -0.25) is 0 Å². The molecule has 2 aromatic rings. The maximum Gasteiger partial charge on any atom is 0.349 e. The van der Waals surface area contributed by atoms with E-state index < -0.39 is 31.1 Å². The van der Waals surface area contributed by atoms with Crippen LogP contribution in [0, 0.1) is 0 Å². The fraction of sp³-hybridized carbons (Fsp3) is 0.500. The molecule has 0 amide bonds. The smallest absolute Gasteiger partial charge is 0.349 e. The molecule has 148 valence electrons. The molecule has 0 saturated carbocycles. The van der Waals surface area contributed by atoms with E-state index in [9.17, 15) is 21.6 Å². The van der Waals surface area contributed by atoms with Crippen LogP contribution in [0.15, 0.2) is 27.8 Å². The van der Waals surface area contributed by atoms with Crippen LogP contribution >= 0.6 is 11.3 Å². The summed E-state index contributed by atoms with van der Waals surface area (Å²) < 4.78 is 58.3. The lowest BCUT2D eigenvalue weighted by Gasteiger charge is -2.30. The zero-order valence-electron chi connectivity index (χ0n) is 14.6. The van der Waals surface area contributed by atoms with E-state index >= 15 is 0 Å². The molecule has 1 fully saturated rings. The summed E-state index contributed by atoms with van der Waals surface area (Å²) >= 11 is 0.984. The lowest BCUT2D eigenvalue weighted by molar-refractivity contribution is 0.0602. The fourth-order valence-corrected chi connectivity index (χ4v) is 7.46. The maximum atomic E-state index is 12.9. The Balaban J connectivity index is 1.79. The van der Waals surface area contributed by atoms with E-state index in [1.807, 2.05) is 0 Å². The molecule has 0 radical (unpaired) electrons. The Hall–Kier alpha value is -1.83. The van der Waals surface area contributed by atoms with Crippen molar-refractivity contribution in [3.63, 3.8) is 0 Å². The molecular weight excluding hydrogens is 416 g/mol. The number of hydrogen-bond acceptors (Lipinski definition) is 9. The van der Waals surface area contributed by atoms with E-state index in [1.165, 1.54) is 40.8 Å². The second-order valence-corrected chi connectivity index (χ2v) is 10.9. The van der Waals surface area contributed by atoms with Crippen molar-refractivity contribution in [3.05, 3.63) is 22.7 Å². The fourth-order valence-electron chi connectivity index (χ4n) is 2.94. The van der Waals surface area contributed by atoms with Crippen molar-refractivity contribution >= 4 is 37.2 Å². The summed E-state index contributed by atoms with van der Waals surface area (Å²) in [5.74, 6) is -0.719. The second kappa shape index (κ2) is 7.30. The molecule has 3 heterocycles. The maximum absolute atomic E-state index is 12.9. The summed E-state index contributed by atoms with van der Waals surface area (Å²) in [6.45, 7) is 0.0566. The van der Waals surface area contributed by atoms with Crippen LogP contribution in [-0.4, -0.2) is 67.3 Å². The monoisotopic (exact) mass is 434 g/mol. The summed E-state index contributed by atoms with van der Waals surface area (Å²) in [6, 6.07) is 1.36. The molecule has 1 saturated heterocycles. The highest BCUT2D eigenvalue weighted by Crippen LogP contribution is 2.30. The SMILES string of the molecule is COC(=O)c1sccc1S(=O)(=O)N1CCC(S(=O)(=O)c2nncn2C)CC1. The highest BCUT2D eigenvalue weighted by atomic mass is 32.2. The van der Waals surface area contributed by atoms with Crippen molar-refractivity contribution in [2.75, 3.05) is 20.2 Å². The molecule has 0 atom stereocenters. The van der Waals surface area contributed by atoms with Crippen molar-refractivity contribution in [1.82, 2.24) is 19.1 Å². The van der Waals surface area contributed by atoms with Gasteiger partial charge in [0.25, 0.3) is 0 Å². The van der Waals surface area contributed by atoms with E-state index in [4.69, 9.17) is 0 Å². The minimum absolute atomic E-state index is 0.00586. The molecule has 2 aromatic heterocycles. The predicted octanol–water partition coefficient (Wildman–Crippen LogP) is 0.290. The molecule has 0 N–H and O–H groups in total. The van der Waals surface area contributed by atoms with Crippen LogP contribution in [0.25, 0.3) is 0 Å². The third-order valence-electron chi connectivity index (χ3n) is 4.38. The summed E-state index contributed by atoms with van der Waals surface area (Å²) in [7, 11) is -4.90. The lowest BCUT2D eigenvalue weighted by atomic mass is 10.2. The molecule has 10 nitrogen and oxygen atoms in total. The Bertz CT molecular complexity index is 1050. The van der Waals surface area contributed by atoms with E-state index in [0.29, 0.717) is 0 Å². The molecule has 0 aliphatic carbocycles. The first-order valence-electron chi connectivity index (χ1n) is 7.93. The standard InChI is InChI=1S/C14H18N4O6S3/c1-17-9-15-16-14(17)26(20,21)10-3-6-18(7-4-10)27(22,23)11-5-8-25-12(11)13(19)24-2/h5,8-10H,3-4,6-7H2,1-2H3. The lowest BCUT2D eigenvalue weighted by Crippen LogP contribution is -2.43. The zero-order chi connectivity index (χ0) is 19.8. The van der Waals surface area contributed by atoms with Crippen LogP contribution < -0.4 is 0 Å². The Labute approximate surface area is 160 Å². The Kier molecular flexibility index (Phi) is 5.38. The number of aryl methyl sites for hydroxylation is 1. The molecule has 13 heteroatoms. The molecule has 0 bridgehead atoms. The average Bonchev–Trinajstić information content (AvgIpc) is 3.30. The first-order chi connectivity index (χ1) is 12.7. The number of methoxy groups -OCH3 is 1. The van der Waals surface area contributed by atoms with Gasteiger partial charge in [-0.15, -0.1) is 21.5 Å². The van der Waals surface area contributed by atoms with Crippen molar-refractivity contribution in [2.24, 2.45) is 7.05 Å². The molecule has 0 spiro atoms. The number of sulfone groups is 1. The van der Waals surface area contributed by atoms with Crippen molar-refractivity contribution in [2.45, 2.75) is 28.1 Å². The average molecular weight is 435 g/mol. The summed E-state index contributed by atoms with van der Waals surface area (Å²) in [4.78, 5) is 11.7. The minimum Gasteiger partial charge on any atom is -0.465 e. The molecule has 1 aliphatic rings. The first kappa shape index (κ1) is 19.9. The van der Waals surface area contributed by atoms with E-state index in [-0.39, 0.29) is 40.9 Å². The summed E-state index contributed by atoms with van der Waals surface area (Å²) in [5.41, 5.74) is 0. The van der Waals surface area contributed by atoms with E-state index in [2.05, 4.69) is 14.9 Å². The van der Waals surface area contributed by atoms with Gasteiger partial charge < -0.3 is 9.30 Å². The van der Waals surface area contributed by atoms with E-state index in [1.54, 1.807) is 0 Å². The predicted molar refractivity (Wildman–Crippen MR) is 95.6 cm³/mol. The molecule has 27 heavy (non-hydrogen) atoms. The number of piperidine rings is 1. The number of carbonyl (C=O) groups excluding carboxylic acids is 1. The van der Waals surface area contributed by atoms with Gasteiger partial charge in [-0.1, -0.05) is 0 Å². The van der Waals surface area contributed by atoms with Crippen molar-refractivity contribution < 1.29 is 26.4 Å². The van der Waals surface area contributed by atoms with Gasteiger partial charge in [0.2, 0.25) is 25.0 Å². The molecule has 1 aliphatic heterocycles. The number of ether oxygens (including phenoxy) is 1. The quantitative estimate of drug-likeness (QED) is 0.614. The highest BCUT2D eigenvalue weighted by Gasteiger charge is 2.39. The van der Waals surface area contributed by atoms with Gasteiger partial charge in [0.1, 0.15) is 16.1 Å². The van der Waals surface area contributed by atoms with Gasteiger partial charge in [-0.2, -0.15) is 4.31 Å². The van der Waals surface area contributed by atoms with Crippen LogP contribution in [0.2, 0.25) is 0 Å². The number of thiophene rings is 1. The normalized spacial score (nSPS) is 17.1. The Morgan fingerprint density at radius 2 is 1.93 bits per heavy atom. The minimum atomic E-state index is -3.92. The van der Waals surface area contributed by atoms with Gasteiger partial charge in [0.15, 0.2) is 0 Å². The third kappa shape index (κ3) is 3.51. The number of sulfonamides is 1. The number of esters is 1. The summed E-state index contributed by atoms with van der Waals surface area (Å²) in [6.07, 6.45) is 1.57. The Morgan fingerprint density at radius 3 is 2.48 bits per heavy atom. The first-order valence-corrected chi connectivity index (χ1v) is 11.8. The van der Waals surface area contributed by atoms with Gasteiger partial charge in [-0.25, -0.2) is 21.6 Å². The molecule has 0 aromatic carbocycles. The van der Waals surface area contributed by atoms with Crippen LogP contribution in [0.4, 0.5) is 0 Å². The Morgan fingerprint density at radius 1 is 1.26 bits per heavy atom. The van der Waals surface area contributed by atoms with Gasteiger partial charge in [0.05, 0.1) is 12.4 Å². The molecular formula is C14H18N4O6S3.